The maximum absolute atomic E-state index is 12.3. The van der Waals surface area contributed by atoms with Crippen LogP contribution in [0.5, 0.6) is 0 Å². The fraction of sp³-hybridized carbons (Fsp3) is 0.619. The van der Waals surface area contributed by atoms with Gasteiger partial charge in [-0.2, -0.15) is 0 Å². The van der Waals surface area contributed by atoms with E-state index in [0.717, 1.165) is 32.4 Å². The van der Waals surface area contributed by atoms with E-state index < -0.39 is 0 Å². The first-order valence-corrected chi connectivity index (χ1v) is 9.74. The lowest BCUT2D eigenvalue weighted by atomic mass is 9.96. The van der Waals surface area contributed by atoms with E-state index in [1.165, 1.54) is 24.8 Å². The summed E-state index contributed by atoms with van der Waals surface area (Å²) in [6, 6.07) is 7.90. The van der Waals surface area contributed by atoms with Gasteiger partial charge >= 0.3 is 0 Å². The first-order valence-electron chi connectivity index (χ1n) is 9.74. The van der Waals surface area contributed by atoms with Gasteiger partial charge in [-0.3, -0.25) is 9.59 Å². The van der Waals surface area contributed by atoms with Gasteiger partial charge in [0.2, 0.25) is 5.91 Å². The highest BCUT2D eigenvalue weighted by Gasteiger charge is 2.22. The third-order valence-electron chi connectivity index (χ3n) is 5.21. The Morgan fingerprint density at radius 2 is 1.73 bits per heavy atom. The first-order chi connectivity index (χ1) is 12.1. The monoisotopic (exact) mass is 380 g/mol. The van der Waals surface area contributed by atoms with E-state index in [1.807, 2.05) is 29.2 Å². The number of aryl methyl sites for hydroxylation is 1. The quantitative estimate of drug-likeness (QED) is 0.520. The molecule has 0 aliphatic carbocycles. The number of halogens is 1. The Bertz CT molecular complexity index is 552. The van der Waals surface area contributed by atoms with Crippen molar-refractivity contribution in [1.82, 2.24) is 4.90 Å². The van der Waals surface area contributed by atoms with Crippen LogP contribution in [-0.4, -0.2) is 36.2 Å². The molecule has 0 atom stereocenters. The van der Waals surface area contributed by atoms with Crippen molar-refractivity contribution in [3.8, 4) is 0 Å². The molecule has 4 nitrogen and oxygen atoms in total. The van der Waals surface area contributed by atoms with E-state index in [4.69, 9.17) is 5.73 Å². The summed E-state index contributed by atoms with van der Waals surface area (Å²) in [4.78, 5) is 26.5. The topological polar surface area (TPSA) is 63.4 Å². The number of likely N-dealkylation sites (tertiary alicyclic amines) is 1. The Hall–Kier alpha value is -1.39. The molecule has 1 aromatic rings. The van der Waals surface area contributed by atoms with Gasteiger partial charge in [0.15, 0.2) is 5.78 Å². The smallest absolute Gasteiger partial charge is 0.223 e. The van der Waals surface area contributed by atoms with Gasteiger partial charge < -0.3 is 10.6 Å². The van der Waals surface area contributed by atoms with Gasteiger partial charge in [0.25, 0.3) is 0 Å². The third-order valence-corrected chi connectivity index (χ3v) is 5.21. The predicted molar refractivity (Wildman–Crippen MR) is 109 cm³/mol. The van der Waals surface area contributed by atoms with Crippen LogP contribution in [0.1, 0.15) is 67.8 Å². The van der Waals surface area contributed by atoms with E-state index in [-0.39, 0.29) is 24.1 Å². The number of hydrogen-bond acceptors (Lipinski definition) is 3. The van der Waals surface area contributed by atoms with Gasteiger partial charge in [0, 0.05) is 31.5 Å². The molecule has 0 aromatic heterocycles. The summed E-state index contributed by atoms with van der Waals surface area (Å²) in [5, 5.41) is 0. The molecule has 5 heteroatoms. The molecule has 1 amide bonds. The molecule has 1 fully saturated rings. The van der Waals surface area contributed by atoms with Crippen LogP contribution >= 0.6 is 12.4 Å². The number of Topliss-reactive ketones (excluding diaryl/α,β-unsaturated/α-hetero) is 1. The van der Waals surface area contributed by atoms with Crippen LogP contribution in [0.3, 0.4) is 0 Å². The fourth-order valence-electron chi connectivity index (χ4n) is 3.38. The van der Waals surface area contributed by atoms with E-state index in [2.05, 4.69) is 6.92 Å². The maximum Gasteiger partial charge on any atom is 0.223 e. The maximum atomic E-state index is 12.3. The Morgan fingerprint density at radius 3 is 2.31 bits per heavy atom. The highest BCUT2D eigenvalue weighted by molar-refractivity contribution is 5.98. The van der Waals surface area contributed by atoms with E-state index in [9.17, 15) is 9.59 Å². The Balaban J connectivity index is 0.00000338. The Kier molecular flexibility index (Phi) is 10.5. The van der Waals surface area contributed by atoms with Gasteiger partial charge in [0.1, 0.15) is 0 Å². The molecule has 0 unspecified atom stereocenters. The highest BCUT2D eigenvalue weighted by atomic mass is 35.5. The number of unbranched alkanes of at least 4 members (excludes halogenated alkanes) is 2. The summed E-state index contributed by atoms with van der Waals surface area (Å²) >= 11 is 0. The van der Waals surface area contributed by atoms with Gasteiger partial charge in [0.05, 0.1) is 0 Å². The number of carbonyl (C=O) groups excluding carboxylic acids is 2. The van der Waals surface area contributed by atoms with E-state index in [1.54, 1.807) is 0 Å². The summed E-state index contributed by atoms with van der Waals surface area (Å²) in [5.74, 6) is 0.701. The molecule has 146 valence electrons. The van der Waals surface area contributed by atoms with Crippen LogP contribution in [0.15, 0.2) is 24.3 Å². The number of rotatable bonds is 9. The second kappa shape index (κ2) is 12.1. The summed E-state index contributed by atoms with van der Waals surface area (Å²) in [6.45, 7) is 4.46. The predicted octanol–water partition coefficient (Wildman–Crippen LogP) is 4.00. The Labute approximate surface area is 163 Å². The van der Waals surface area contributed by atoms with Crippen LogP contribution < -0.4 is 5.73 Å². The lowest BCUT2D eigenvalue weighted by molar-refractivity contribution is -0.132. The minimum absolute atomic E-state index is 0. The van der Waals surface area contributed by atoms with Crippen molar-refractivity contribution in [3.63, 3.8) is 0 Å². The number of amides is 1. The molecule has 0 bridgehead atoms. The van der Waals surface area contributed by atoms with Gasteiger partial charge in [-0.05, 0) is 43.7 Å². The molecule has 1 saturated heterocycles. The van der Waals surface area contributed by atoms with Gasteiger partial charge in [-0.25, -0.2) is 0 Å². The second-order valence-corrected chi connectivity index (χ2v) is 7.14. The van der Waals surface area contributed by atoms with Crippen molar-refractivity contribution in [2.24, 2.45) is 11.7 Å². The van der Waals surface area contributed by atoms with E-state index >= 15 is 0 Å². The molecule has 0 radical (unpaired) electrons. The fourth-order valence-corrected chi connectivity index (χ4v) is 3.38. The average Bonchev–Trinajstić information content (AvgIpc) is 2.66. The minimum atomic E-state index is 0. The standard InChI is InChI=1S/C21H32N2O2.ClH/c1-2-3-4-5-17-6-8-19(9-7-17)20(24)10-11-21(25)23-14-12-18(16-22)13-15-23;/h6-9,18H,2-5,10-16,22H2,1H3;1H. The van der Waals surface area contributed by atoms with E-state index in [0.29, 0.717) is 30.9 Å². The summed E-state index contributed by atoms with van der Waals surface area (Å²) in [7, 11) is 0. The van der Waals surface area contributed by atoms with Crippen molar-refractivity contribution in [2.75, 3.05) is 19.6 Å². The van der Waals surface area contributed by atoms with Crippen LogP contribution in [0.25, 0.3) is 0 Å². The molecule has 1 heterocycles. The highest BCUT2D eigenvalue weighted by Crippen LogP contribution is 2.17. The largest absolute Gasteiger partial charge is 0.343 e. The average molecular weight is 381 g/mol. The van der Waals surface area contributed by atoms with Crippen LogP contribution in [-0.2, 0) is 11.2 Å². The third kappa shape index (κ3) is 7.08. The lowest BCUT2D eigenvalue weighted by Gasteiger charge is -2.31. The molecule has 0 spiro atoms. The van der Waals surface area contributed by atoms with Crippen LogP contribution in [0, 0.1) is 5.92 Å². The van der Waals surface area contributed by atoms with Crippen molar-refractivity contribution in [2.45, 2.75) is 58.3 Å². The lowest BCUT2D eigenvalue weighted by Crippen LogP contribution is -2.40. The second-order valence-electron chi connectivity index (χ2n) is 7.14. The zero-order valence-electron chi connectivity index (χ0n) is 15.9. The Morgan fingerprint density at radius 1 is 1.08 bits per heavy atom. The van der Waals surface area contributed by atoms with Gasteiger partial charge in [-0.1, -0.05) is 44.0 Å². The van der Waals surface area contributed by atoms with Gasteiger partial charge in [-0.15, -0.1) is 12.4 Å². The summed E-state index contributed by atoms with van der Waals surface area (Å²) < 4.78 is 0. The molecule has 2 rings (SSSR count). The zero-order valence-corrected chi connectivity index (χ0v) is 16.7. The first kappa shape index (κ1) is 22.7. The molecule has 1 aliphatic heterocycles. The van der Waals surface area contributed by atoms with Crippen LogP contribution in [0.4, 0.5) is 0 Å². The minimum Gasteiger partial charge on any atom is -0.343 e. The van der Waals surface area contributed by atoms with Crippen LogP contribution in [0.2, 0.25) is 0 Å². The molecule has 2 N–H and O–H groups in total. The number of nitrogens with zero attached hydrogens (tertiary/aromatic N) is 1. The van der Waals surface area contributed by atoms with Crippen molar-refractivity contribution < 1.29 is 9.59 Å². The zero-order chi connectivity index (χ0) is 18.1. The molecule has 1 aromatic carbocycles. The number of piperidine rings is 1. The number of nitrogens with two attached hydrogens (primary N) is 1. The number of hydrogen-bond donors (Lipinski definition) is 1. The number of ketones is 1. The number of carbonyl (C=O) groups is 2. The van der Waals surface area contributed by atoms with Crippen molar-refractivity contribution >= 4 is 24.1 Å². The normalized spacial score (nSPS) is 14.8. The molecular formula is C21H33ClN2O2. The van der Waals surface area contributed by atoms with Crippen molar-refractivity contribution in [3.05, 3.63) is 35.4 Å². The summed E-state index contributed by atoms with van der Waals surface area (Å²) in [6.07, 6.45) is 7.29. The molecule has 1 aliphatic rings. The SMILES string of the molecule is CCCCCc1ccc(C(=O)CCC(=O)N2CCC(CN)CC2)cc1.Cl. The molecular weight excluding hydrogens is 348 g/mol. The molecule has 0 saturated carbocycles. The van der Waals surface area contributed by atoms with Crippen molar-refractivity contribution in [1.29, 1.82) is 0 Å². The molecule has 26 heavy (non-hydrogen) atoms. The summed E-state index contributed by atoms with van der Waals surface area (Å²) in [5.41, 5.74) is 7.68. The number of benzene rings is 1.